The van der Waals surface area contributed by atoms with Gasteiger partial charge < -0.3 is 28.9 Å². The smallest absolute Gasteiger partial charge is 0.387 e. The molecule has 3 heterocycles. The van der Waals surface area contributed by atoms with Crippen molar-refractivity contribution in [2.24, 2.45) is 0 Å². The number of aryl methyl sites for hydroxylation is 1. The predicted molar refractivity (Wildman–Crippen MR) is 95.9 cm³/mol. The van der Waals surface area contributed by atoms with E-state index in [4.69, 9.17) is 19.3 Å². The Bertz CT molecular complexity index is 982. The third-order valence-electron chi connectivity index (χ3n) is 4.36. The largest absolute Gasteiger partial charge is 0.469 e. The second-order valence-electron chi connectivity index (χ2n) is 6.46. The average molecular weight is 432 g/mol. The number of aromatic nitrogens is 4. The zero-order valence-corrected chi connectivity index (χ0v) is 16.2. The van der Waals surface area contributed by atoms with Gasteiger partial charge in [0, 0.05) is 30.7 Å². The number of ether oxygens (including phenoxy) is 2. The van der Waals surface area contributed by atoms with Crippen molar-refractivity contribution in [3.8, 4) is 0 Å². The first-order chi connectivity index (χ1) is 13.7. The van der Waals surface area contributed by atoms with Gasteiger partial charge in [-0.15, -0.1) is 0 Å². The van der Waals surface area contributed by atoms with Crippen LogP contribution in [-0.4, -0.2) is 65.5 Å². The Morgan fingerprint density at radius 2 is 2.14 bits per heavy atom. The van der Waals surface area contributed by atoms with E-state index >= 15 is 0 Å². The van der Waals surface area contributed by atoms with Gasteiger partial charge in [-0.25, -0.2) is 14.3 Å². The molecule has 1 aliphatic rings. The number of rotatable bonds is 8. The van der Waals surface area contributed by atoms with E-state index in [9.17, 15) is 19.3 Å². The number of H-pyrrole nitrogens is 1. The van der Waals surface area contributed by atoms with Gasteiger partial charge >= 0.3 is 13.5 Å². The highest BCUT2D eigenvalue weighted by molar-refractivity contribution is 7.46. The summed E-state index contributed by atoms with van der Waals surface area (Å²) in [6, 6.07) is 0. The highest BCUT2D eigenvalue weighted by Gasteiger charge is 2.46. The monoisotopic (exact) mass is 432 g/mol. The van der Waals surface area contributed by atoms with Crippen LogP contribution >= 0.6 is 7.82 Å². The summed E-state index contributed by atoms with van der Waals surface area (Å²) in [5, 5.41) is 10.6. The van der Waals surface area contributed by atoms with Crippen LogP contribution in [0.5, 0.6) is 0 Å². The van der Waals surface area contributed by atoms with Crippen LogP contribution in [0.25, 0.3) is 0 Å². The van der Waals surface area contributed by atoms with E-state index in [1.54, 1.807) is 23.3 Å². The highest BCUT2D eigenvalue weighted by atomic mass is 31.2. The predicted octanol–water partition coefficient (Wildman–Crippen LogP) is -1.51. The van der Waals surface area contributed by atoms with Crippen molar-refractivity contribution < 1.29 is 33.5 Å². The quantitative estimate of drug-likeness (QED) is 0.359. The van der Waals surface area contributed by atoms with Crippen molar-refractivity contribution in [3.63, 3.8) is 0 Å². The molecule has 14 heteroatoms. The molecular formula is C15H21N4O9P. The Morgan fingerprint density at radius 1 is 1.38 bits per heavy atom. The van der Waals surface area contributed by atoms with Gasteiger partial charge in [-0.05, 0) is 6.92 Å². The molecule has 2 aromatic rings. The maximum atomic E-state index is 12.2. The summed E-state index contributed by atoms with van der Waals surface area (Å²) in [6.45, 7) is 1.39. The molecule has 2 aromatic heterocycles. The summed E-state index contributed by atoms with van der Waals surface area (Å²) in [5.41, 5.74) is -1.11. The molecular weight excluding hydrogens is 411 g/mol. The van der Waals surface area contributed by atoms with Crippen LogP contribution in [0, 0.1) is 6.92 Å². The van der Waals surface area contributed by atoms with Crippen molar-refractivity contribution in [3.05, 3.63) is 51.3 Å². The minimum Gasteiger partial charge on any atom is -0.387 e. The summed E-state index contributed by atoms with van der Waals surface area (Å²) in [7, 11) is -4.79. The van der Waals surface area contributed by atoms with E-state index in [0.717, 1.165) is 4.57 Å². The molecule has 160 valence electrons. The summed E-state index contributed by atoms with van der Waals surface area (Å²) in [4.78, 5) is 47.7. The van der Waals surface area contributed by atoms with Gasteiger partial charge in [0.1, 0.15) is 18.3 Å². The molecule has 0 bridgehead atoms. The van der Waals surface area contributed by atoms with Gasteiger partial charge in [0.15, 0.2) is 6.23 Å². The molecule has 4 atom stereocenters. The summed E-state index contributed by atoms with van der Waals surface area (Å²) in [5.74, 6) is 0. The molecule has 0 radical (unpaired) electrons. The standard InChI is InChI=1S/C15H21N4O9P/c1-9-6-19(15(22)17-13(9)21)14-12(26-5-4-18-3-2-16-8-18)11(20)10(28-14)7-27-29(23,24)25/h2-3,6,8,10-12,14,20H,4-5,7H2,1H3,(H,17,21,22)(H2,23,24,25). The number of nitrogens with zero attached hydrogens (tertiary/aromatic N) is 3. The Labute approximate surface area is 163 Å². The molecule has 1 fully saturated rings. The van der Waals surface area contributed by atoms with Gasteiger partial charge in [-0.2, -0.15) is 0 Å². The fraction of sp³-hybridized carbons (Fsp3) is 0.533. The third kappa shape index (κ3) is 5.28. The number of aliphatic hydroxyl groups is 1. The Hall–Kier alpha value is -2.12. The van der Waals surface area contributed by atoms with Crippen LogP contribution in [0.2, 0.25) is 0 Å². The van der Waals surface area contributed by atoms with Crippen molar-refractivity contribution in [1.82, 2.24) is 19.1 Å². The fourth-order valence-corrected chi connectivity index (χ4v) is 3.26. The number of phosphoric ester groups is 1. The first-order valence-corrected chi connectivity index (χ1v) is 10.1. The van der Waals surface area contributed by atoms with Gasteiger partial charge in [-0.1, -0.05) is 0 Å². The van der Waals surface area contributed by atoms with E-state index in [1.807, 2.05) is 0 Å². The zero-order valence-electron chi connectivity index (χ0n) is 15.3. The van der Waals surface area contributed by atoms with E-state index in [0.29, 0.717) is 6.54 Å². The first-order valence-electron chi connectivity index (χ1n) is 8.59. The van der Waals surface area contributed by atoms with Crippen molar-refractivity contribution in [2.45, 2.75) is 38.0 Å². The average Bonchev–Trinajstić information content (AvgIpc) is 3.25. The van der Waals surface area contributed by atoms with Crippen molar-refractivity contribution in [2.75, 3.05) is 13.2 Å². The number of aromatic amines is 1. The lowest BCUT2D eigenvalue weighted by molar-refractivity contribution is -0.0755. The van der Waals surface area contributed by atoms with E-state index in [-0.39, 0.29) is 12.2 Å². The van der Waals surface area contributed by atoms with Gasteiger partial charge in [0.05, 0.1) is 19.5 Å². The maximum absolute atomic E-state index is 12.2. The van der Waals surface area contributed by atoms with Crippen LogP contribution in [0.1, 0.15) is 11.8 Å². The third-order valence-corrected chi connectivity index (χ3v) is 4.84. The second-order valence-corrected chi connectivity index (χ2v) is 7.70. The second kappa shape index (κ2) is 8.71. The number of phosphoric acid groups is 1. The Kier molecular flexibility index (Phi) is 6.49. The van der Waals surface area contributed by atoms with Gasteiger partial charge in [-0.3, -0.25) is 18.9 Å². The molecule has 1 saturated heterocycles. The highest BCUT2D eigenvalue weighted by Crippen LogP contribution is 2.38. The molecule has 0 aliphatic carbocycles. The van der Waals surface area contributed by atoms with Crippen molar-refractivity contribution in [1.29, 1.82) is 0 Å². The van der Waals surface area contributed by atoms with E-state index < -0.39 is 50.2 Å². The molecule has 0 aromatic carbocycles. The fourth-order valence-electron chi connectivity index (χ4n) is 2.92. The lowest BCUT2D eigenvalue weighted by Crippen LogP contribution is -2.40. The van der Waals surface area contributed by atoms with Crippen LogP contribution < -0.4 is 11.2 Å². The first kappa shape index (κ1) is 21.6. The van der Waals surface area contributed by atoms with Crippen LogP contribution in [0.4, 0.5) is 0 Å². The number of aliphatic hydroxyl groups excluding tert-OH is 1. The maximum Gasteiger partial charge on any atom is 0.469 e. The van der Waals surface area contributed by atoms with Crippen molar-refractivity contribution >= 4 is 7.82 Å². The van der Waals surface area contributed by atoms with Crippen LogP contribution in [0.3, 0.4) is 0 Å². The lowest BCUT2D eigenvalue weighted by Gasteiger charge is -2.22. The molecule has 0 saturated carbocycles. The summed E-state index contributed by atoms with van der Waals surface area (Å²) in [6.07, 6.45) is 1.40. The summed E-state index contributed by atoms with van der Waals surface area (Å²) < 4.78 is 29.5. The van der Waals surface area contributed by atoms with Crippen LogP contribution in [-0.2, 0) is 25.1 Å². The molecule has 4 N–H and O–H groups in total. The number of nitrogens with one attached hydrogen (secondary N) is 1. The van der Waals surface area contributed by atoms with E-state index in [1.165, 1.54) is 13.1 Å². The normalized spacial score (nSPS) is 24.8. The topological polar surface area (TPSA) is 178 Å². The SMILES string of the molecule is Cc1cn(C2OC(COP(=O)(O)O)C(O)C2OCCn2ccnc2)c(=O)[nH]c1=O. The van der Waals surface area contributed by atoms with Gasteiger partial charge in [0.25, 0.3) is 5.56 Å². The molecule has 3 rings (SSSR count). The molecule has 1 aliphatic heterocycles. The molecule has 29 heavy (non-hydrogen) atoms. The minimum atomic E-state index is -4.79. The minimum absolute atomic E-state index is 0.126. The molecule has 4 unspecified atom stereocenters. The number of hydrogen-bond acceptors (Lipinski definition) is 8. The lowest BCUT2D eigenvalue weighted by atomic mass is 10.1. The van der Waals surface area contributed by atoms with Gasteiger partial charge in [0.2, 0.25) is 0 Å². The Morgan fingerprint density at radius 3 is 2.79 bits per heavy atom. The molecule has 0 spiro atoms. The molecule has 0 amide bonds. The number of hydrogen-bond donors (Lipinski definition) is 4. The zero-order chi connectivity index (χ0) is 21.2. The molecule has 13 nitrogen and oxygen atoms in total. The van der Waals surface area contributed by atoms with E-state index in [2.05, 4.69) is 14.5 Å². The van der Waals surface area contributed by atoms with Crippen LogP contribution in [0.15, 0.2) is 34.5 Å². The number of imidazole rings is 1. The summed E-state index contributed by atoms with van der Waals surface area (Å²) >= 11 is 0. The Balaban J connectivity index is 1.81.